The van der Waals surface area contributed by atoms with Gasteiger partial charge in [-0.1, -0.05) is 13.3 Å². The van der Waals surface area contributed by atoms with Crippen molar-refractivity contribution in [3.8, 4) is 0 Å². The van der Waals surface area contributed by atoms with Crippen LogP contribution in [0, 0.1) is 24.7 Å². The Morgan fingerprint density at radius 1 is 1.40 bits per heavy atom. The van der Waals surface area contributed by atoms with Crippen LogP contribution in [0.15, 0.2) is 5.38 Å². The van der Waals surface area contributed by atoms with Gasteiger partial charge in [-0.25, -0.2) is 4.98 Å². The summed E-state index contributed by atoms with van der Waals surface area (Å²) < 4.78 is 0. The van der Waals surface area contributed by atoms with Gasteiger partial charge in [0.05, 0.1) is 5.01 Å². The quantitative estimate of drug-likeness (QED) is 0.815. The fraction of sp³-hybridized carbons (Fsp3) is 0.824. The second-order valence-corrected chi connectivity index (χ2v) is 7.85. The normalized spacial score (nSPS) is 30.0. The molecule has 0 radical (unpaired) electrons. The standard InChI is InChI=1S/C17H28N2S/c1-3-6-18-16(10-17-19-12(2)11-20-17)9-15-8-13-4-5-14(15)7-13/h11,13-16,18H,3-10H2,1-2H3. The first kappa shape index (κ1) is 14.5. The maximum absolute atomic E-state index is 4.66. The third-order valence-corrected chi connectivity index (χ3v) is 6.23. The molecule has 2 nitrogen and oxygen atoms in total. The minimum absolute atomic E-state index is 0.643. The van der Waals surface area contributed by atoms with Crippen molar-refractivity contribution in [3.05, 3.63) is 16.1 Å². The summed E-state index contributed by atoms with van der Waals surface area (Å²) in [5.74, 6) is 3.10. The molecule has 1 aromatic heterocycles. The SMILES string of the molecule is CCCNC(Cc1nc(C)cs1)CC1CC2CCC1C2. The van der Waals surface area contributed by atoms with Crippen molar-refractivity contribution in [2.24, 2.45) is 17.8 Å². The fourth-order valence-electron chi connectivity index (χ4n) is 4.33. The van der Waals surface area contributed by atoms with E-state index in [4.69, 9.17) is 0 Å². The Hall–Kier alpha value is -0.410. The third-order valence-electron chi connectivity index (χ3n) is 5.24. The van der Waals surface area contributed by atoms with E-state index in [0.29, 0.717) is 6.04 Å². The van der Waals surface area contributed by atoms with Gasteiger partial charge in [0.2, 0.25) is 0 Å². The first-order chi connectivity index (χ1) is 9.74. The van der Waals surface area contributed by atoms with E-state index in [1.165, 1.54) is 49.2 Å². The molecule has 2 fully saturated rings. The Morgan fingerprint density at radius 2 is 2.30 bits per heavy atom. The van der Waals surface area contributed by atoms with Crippen LogP contribution in [0.5, 0.6) is 0 Å². The van der Waals surface area contributed by atoms with Gasteiger partial charge in [0.25, 0.3) is 0 Å². The van der Waals surface area contributed by atoms with Crippen LogP contribution in [0.25, 0.3) is 0 Å². The average molecular weight is 292 g/mol. The summed E-state index contributed by atoms with van der Waals surface area (Å²) >= 11 is 1.83. The van der Waals surface area contributed by atoms with Crippen LogP contribution in [0.2, 0.25) is 0 Å². The molecule has 1 heterocycles. The summed E-state index contributed by atoms with van der Waals surface area (Å²) in [4.78, 5) is 4.66. The number of nitrogens with zero attached hydrogens (tertiary/aromatic N) is 1. The summed E-state index contributed by atoms with van der Waals surface area (Å²) in [6, 6.07) is 0.643. The van der Waals surface area contributed by atoms with Gasteiger partial charge in [-0.3, -0.25) is 0 Å². The smallest absolute Gasteiger partial charge is 0.0943 e. The molecular weight excluding hydrogens is 264 g/mol. The molecule has 4 unspecified atom stereocenters. The largest absolute Gasteiger partial charge is 0.314 e. The molecule has 1 aromatic rings. The third kappa shape index (κ3) is 3.43. The number of aromatic nitrogens is 1. The van der Waals surface area contributed by atoms with Gasteiger partial charge < -0.3 is 5.32 Å². The molecule has 20 heavy (non-hydrogen) atoms. The molecule has 3 heteroatoms. The highest BCUT2D eigenvalue weighted by molar-refractivity contribution is 7.09. The number of aryl methyl sites for hydroxylation is 1. The summed E-state index contributed by atoms with van der Waals surface area (Å²) in [5, 5.41) is 7.28. The Labute approximate surface area is 127 Å². The molecule has 2 saturated carbocycles. The average Bonchev–Trinajstić information content (AvgIpc) is 3.13. The maximum Gasteiger partial charge on any atom is 0.0943 e. The van der Waals surface area contributed by atoms with Crippen molar-refractivity contribution >= 4 is 11.3 Å². The summed E-state index contributed by atoms with van der Waals surface area (Å²) in [6.07, 6.45) is 9.79. The molecule has 0 aromatic carbocycles. The van der Waals surface area contributed by atoms with Crippen LogP contribution in [0.4, 0.5) is 0 Å². The Kier molecular flexibility index (Phi) is 4.77. The number of thiazole rings is 1. The Bertz CT molecular complexity index is 428. The number of hydrogen-bond acceptors (Lipinski definition) is 3. The van der Waals surface area contributed by atoms with Crippen molar-refractivity contribution < 1.29 is 0 Å². The first-order valence-electron chi connectivity index (χ1n) is 8.39. The number of hydrogen-bond donors (Lipinski definition) is 1. The summed E-state index contributed by atoms with van der Waals surface area (Å²) in [7, 11) is 0. The van der Waals surface area contributed by atoms with Crippen LogP contribution in [0.3, 0.4) is 0 Å². The van der Waals surface area contributed by atoms with Crippen molar-refractivity contribution in [1.29, 1.82) is 0 Å². The van der Waals surface area contributed by atoms with Gasteiger partial charge in [0, 0.05) is 23.5 Å². The number of nitrogens with one attached hydrogen (secondary N) is 1. The zero-order valence-corrected chi connectivity index (χ0v) is 13.7. The highest BCUT2D eigenvalue weighted by Crippen LogP contribution is 2.50. The van der Waals surface area contributed by atoms with Gasteiger partial charge in [0.1, 0.15) is 0 Å². The highest BCUT2D eigenvalue weighted by atomic mass is 32.1. The highest BCUT2D eigenvalue weighted by Gasteiger charge is 2.40. The lowest BCUT2D eigenvalue weighted by atomic mass is 9.83. The van der Waals surface area contributed by atoms with Crippen LogP contribution >= 0.6 is 11.3 Å². The van der Waals surface area contributed by atoms with Gasteiger partial charge >= 0.3 is 0 Å². The van der Waals surface area contributed by atoms with Gasteiger partial charge in [0.15, 0.2) is 0 Å². The molecule has 4 atom stereocenters. The lowest BCUT2D eigenvalue weighted by molar-refractivity contribution is 0.276. The molecular formula is C17H28N2S. The Balaban J connectivity index is 1.57. The predicted octanol–water partition coefficient (Wildman–Crippen LogP) is 4.19. The Morgan fingerprint density at radius 3 is 2.90 bits per heavy atom. The van der Waals surface area contributed by atoms with Crippen molar-refractivity contribution in [2.75, 3.05) is 6.54 Å². The van der Waals surface area contributed by atoms with E-state index in [-0.39, 0.29) is 0 Å². The van der Waals surface area contributed by atoms with E-state index < -0.39 is 0 Å². The maximum atomic E-state index is 4.66. The number of fused-ring (bicyclic) bond motifs is 2. The molecule has 0 spiro atoms. The molecule has 0 saturated heterocycles. The lowest BCUT2D eigenvalue weighted by Gasteiger charge is -2.27. The van der Waals surface area contributed by atoms with Gasteiger partial charge in [-0.15, -0.1) is 11.3 Å². The minimum atomic E-state index is 0.643. The lowest BCUT2D eigenvalue weighted by Crippen LogP contribution is -2.34. The first-order valence-corrected chi connectivity index (χ1v) is 9.27. The van der Waals surface area contributed by atoms with Crippen molar-refractivity contribution in [1.82, 2.24) is 10.3 Å². The molecule has 1 N–H and O–H groups in total. The zero-order valence-electron chi connectivity index (χ0n) is 12.9. The van der Waals surface area contributed by atoms with E-state index in [1.807, 2.05) is 11.3 Å². The van der Waals surface area contributed by atoms with Crippen LogP contribution in [-0.4, -0.2) is 17.6 Å². The molecule has 2 aliphatic rings. The topological polar surface area (TPSA) is 24.9 Å². The molecule has 0 aliphatic heterocycles. The molecule has 2 bridgehead atoms. The minimum Gasteiger partial charge on any atom is -0.314 e. The van der Waals surface area contributed by atoms with E-state index in [9.17, 15) is 0 Å². The molecule has 0 amide bonds. The monoisotopic (exact) mass is 292 g/mol. The van der Waals surface area contributed by atoms with E-state index in [0.717, 1.165) is 30.7 Å². The fourth-order valence-corrected chi connectivity index (χ4v) is 5.18. The zero-order chi connectivity index (χ0) is 13.9. The summed E-state index contributed by atoms with van der Waals surface area (Å²) in [6.45, 7) is 5.51. The predicted molar refractivity (Wildman–Crippen MR) is 86.2 cm³/mol. The summed E-state index contributed by atoms with van der Waals surface area (Å²) in [5.41, 5.74) is 1.18. The molecule has 2 aliphatic carbocycles. The van der Waals surface area contributed by atoms with Crippen molar-refractivity contribution in [2.45, 2.75) is 64.8 Å². The van der Waals surface area contributed by atoms with Crippen LogP contribution in [-0.2, 0) is 6.42 Å². The van der Waals surface area contributed by atoms with Gasteiger partial charge in [-0.2, -0.15) is 0 Å². The van der Waals surface area contributed by atoms with E-state index >= 15 is 0 Å². The second kappa shape index (κ2) is 6.57. The molecule has 112 valence electrons. The van der Waals surface area contributed by atoms with Crippen LogP contribution in [0.1, 0.15) is 56.2 Å². The van der Waals surface area contributed by atoms with Crippen LogP contribution < -0.4 is 5.32 Å². The molecule has 3 rings (SSSR count). The van der Waals surface area contributed by atoms with Gasteiger partial charge in [-0.05, 0) is 63.3 Å². The van der Waals surface area contributed by atoms with E-state index in [1.54, 1.807) is 0 Å². The second-order valence-electron chi connectivity index (χ2n) is 6.91. The van der Waals surface area contributed by atoms with E-state index in [2.05, 4.69) is 29.5 Å². The van der Waals surface area contributed by atoms with Crippen molar-refractivity contribution in [3.63, 3.8) is 0 Å². The number of rotatable bonds is 7.